The Morgan fingerprint density at radius 2 is 1.67 bits per heavy atom. The fraction of sp³-hybridized carbons (Fsp3) is 0.429. The lowest BCUT2D eigenvalue weighted by Crippen LogP contribution is -2.10. The SMILES string of the molecule is CC.CC(C)(C)c1ccc2occc2c1. The molecule has 0 saturated carbocycles. The fourth-order valence-electron chi connectivity index (χ4n) is 1.43. The Labute approximate surface area is 92.1 Å². The van der Waals surface area contributed by atoms with Crippen LogP contribution < -0.4 is 0 Å². The lowest BCUT2D eigenvalue weighted by Gasteiger charge is -2.18. The van der Waals surface area contributed by atoms with E-state index in [0.29, 0.717) is 0 Å². The number of fused-ring (bicyclic) bond motifs is 1. The molecule has 0 aliphatic rings. The van der Waals surface area contributed by atoms with Gasteiger partial charge in [-0.3, -0.25) is 0 Å². The minimum atomic E-state index is 0.214. The zero-order valence-electron chi connectivity index (χ0n) is 10.3. The molecule has 1 heterocycles. The van der Waals surface area contributed by atoms with E-state index in [4.69, 9.17) is 4.42 Å². The van der Waals surface area contributed by atoms with Crippen LogP contribution >= 0.6 is 0 Å². The van der Waals surface area contributed by atoms with Crippen LogP contribution in [-0.4, -0.2) is 0 Å². The third kappa shape index (κ3) is 2.62. The molecular weight excluding hydrogens is 184 g/mol. The third-order valence-electron chi connectivity index (χ3n) is 2.32. The van der Waals surface area contributed by atoms with Crippen molar-refractivity contribution in [2.75, 3.05) is 0 Å². The maximum atomic E-state index is 5.29. The molecule has 1 aromatic carbocycles. The quantitative estimate of drug-likeness (QED) is 0.603. The first-order chi connectivity index (χ1) is 7.07. The van der Waals surface area contributed by atoms with Crippen LogP contribution in [0.15, 0.2) is 34.9 Å². The monoisotopic (exact) mass is 204 g/mol. The minimum Gasteiger partial charge on any atom is -0.464 e. The van der Waals surface area contributed by atoms with Crippen LogP contribution in [0.25, 0.3) is 11.0 Å². The van der Waals surface area contributed by atoms with Crippen molar-refractivity contribution in [3.63, 3.8) is 0 Å². The van der Waals surface area contributed by atoms with Gasteiger partial charge in [0.1, 0.15) is 5.58 Å². The van der Waals surface area contributed by atoms with Crippen molar-refractivity contribution in [2.24, 2.45) is 0 Å². The Kier molecular flexibility index (Phi) is 3.57. The molecule has 0 radical (unpaired) electrons. The van der Waals surface area contributed by atoms with E-state index in [1.54, 1.807) is 6.26 Å². The smallest absolute Gasteiger partial charge is 0.133 e. The van der Waals surface area contributed by atoms with Crippen LogP contribution in [0.1, 0.15) is 40.2 Å². The number of hydrogen-bond donors (Lipinski definition) is 0. The molecule has 0 saturated heterocycles. The highest BCUT2D eigenvalue weighted by Crippen LogP contribution is 2.26. The van der Waals surface area contributed by atoms with Crippen LogP contribution in [0, 0.1) is 0 Å². The number of furan rings is 1. The maximum Gasteiger partial charge on any atom is 0.133 e. The van der Waals surface area contributed by atoms with Crippen LogP contribution in [0.5, 0.6) is 0 Å². The molecule has 82 valence electrons. The predicted octanol–water partition coefficient (Wildman–Crippen LogP) is 4.76. The van der Waals surface area contributed by atoms with Gasteiger partial charge in [-0.2, -0.15) is 0 Å². The summed E-state index contributed by atoms with van der Waals surface area (Å²) >= 11 is 0. The Morgan fingerprint density at radius 3 is 2.27 bits per heavy atom. The Bertz CT molecular complexity index is 418. The molecule has 0 aliphatic heterocycles. The topological polar surface area (TPSA) is 13.1 Å². The lowest BCUT2D eigenvalue weighted by atomic mass is 9.87. The van der Waals surface area contributed by atoms with Gasteiger partial charge in [-0.05, 0) is 29.2 Å². The van der Waals surface area contributed by atoms with E-state index in [9.17, 15) is 0 Å². The van der Waals surface area contributed by atoms with Gasteiger partial charge in [0.05, 0.1) is 6.26 Å². The maximum absolute atomic E-state index is 5.29. The average Bonchev–Trinajstić information content (AvgIpc) is 2.66. The highest BCUT2D eigenvalue weighted by Gasteiger charge is 2.13. The lowest BCUT2D eigenvalue weighted by molar-refractivity contribution is 0.589. The van der Waals surface area contributed by atoms with Crippen LogP contribution in [-0.2, 0) is 5.41 Å². The second kappa shape index (κ2) is 4.52. The summed E-state index contributed by atoms with van der Waals surface area (Å²) in [5.74, 6) is 0. The molecule has 0 amide bonds. The molecule has 2 aromatic rings. The first kappa shape index (κ1) is 11.8. The summed E-state index contributed by atoms with van der Waals surface area (Å²) in [6.07, 6.45) is 1.73. The first-order valence-electron chi connectivity index (χ1n) is 5.55. The molecular formula is C14H20O. The predicted molar refractivity (Wildman–Crippen MR) is 66.3 cm³/mol. The molecule has 2 rings (SSSR count). The highest BCUT2D eigenvalue weighted by molar-refractivity contribution is 5.78. The minimum absolute atomic E-state index is 0.214. The number of hydrogen-bond acceptors (Lipinski definition) is 1. The van der Waals surface area contributed by atoms with Crippen molar-refractivity contribution < 1.29 is 4.42 Å². The molecule has 0 aliphatic carbocycles. The van der Waals surface area contributed by atoms with E-state index in [1.165, 1.54) is 10.9 Å². The third-order valence-corrected chi connectivity index (χ3v) is 2.32. The van der Waals surface area contributed by atoms with Gasteiger partial charge in [0.15, 0.2) is 0 Å². The molecule has 15 heavy (non-hydrogen) atoms. The van der Waals surface area contributed by atoms with Gasteiger partial charge < -0.3 is 4.42 Å². The molecule has 0 bridgehead atoms. The second-order valence-corrected chi connectivity index (χ2v) is 4.42. The van der Waals surface area contributed by atoms with E-state index in [-0.39, 0.29) is 5.41 Å². The summed E-state index contributed by atoms with van der Waals surface area (Å²) in [6.45, 7) is 10.6. The van der Waals surface area contributed by atoms with E-state index >= 15 is 0 Å². The van der Waals surface area contributed by atoms with E-state index in [1.807, 2.05) is 26.0 Å². The fourth-order valence-corrected chi connectivity index (χ4v) is 1.43. The Hall–Kier alpha value is -1.24. The second-order valence-electron chi connectivity index (χ2n) is 4.42. The van der Waals surface area contributed by atoms with Gasteiger partial charge in [-0.25, -0.2) is 0 Å². The largest absolute Gasteiger partial charge is 0.464 e. The summed E-state index contributed by atoms with van der Waals surface area (Å²) in [6, 6.07) is 8.37. The summed E-state index contributed by atoms with van der Waals surface area (Å²) in [7, 11) is 0. The van der Waals surface area contributed by atoms with Crippen molar-refractivity contribution in [2.45, 2.75) is 40.0 Å². The van der Waals surface area contributed by atoms with Crippen LogP contribution in [0.4, 0.5) is 0 Å². The summed E-state index contributed by atoms with van der Waals surface area (Å²) < 4.78 is 5.29. The molecule has 1 aromatic heterocycles. The molecule has 0 unspecified atom stereocenters. The van der Waals surface area contributed by atoms with Gasteiger partial charge in [-0.15, -0.1) is 0 Å². The number of rotatable bonds is 0. The van der Waals surface area contributed by atoms with Crippen molar-refractivity contribution >= 4 is 11.0 Å². The molecule has 0 atom stereocenters. The standard InChI is InChI=1S/C12H14O.C2H6/c1-12(2,3)10-4-5-11-9(8-10)6-7-13-11;1-2/h4-8H,1-3H3;1-2H3. The molecule has 0 fully saturated rings. The van der Waals surface area contributed by atoms with Gasteiger partial charge >= 0.3 is 0 Å². The molecule has 0 spiro atoms. The molecule has 1 heteroatoms. The van der Waals surface area contributed by atoms with E-state index in [0.717, 1.165) is 5.58 Å². The van der Waals surface area contributed by atoms with Crippen LogP contribution in [0.2, 0.25) is 0 Å². The van der Waals surface area contributed by atoms with E-state index < -0.39 is 0 Å². The van der Waals surface area contributed by atoms with Gasteiger partial charge in [0.25, 0.3) is 0 Å². The summed E-state index contributed by atoms with van der Waals surface area (Å²) in [5, 5.41) is 1.19. The Balaban J connectivity index is 0.000000531. The average molecular weight is 204 g/mol. The van der Waals surface area contributed by atoms with Crippen molar-refractivity contribution in [1.82, 2.24) is 0 Å². The Morgan fingerprint density at radius 1 is 1.00 bits per heavy atom. The highest BCUT2D eigenvalue weighted by atomic mass is 16.3. The van der Waals surface area contributed by atoms with Crippen molar-refractivity contribution in [3.8, 4) is 0 Å². The number of benzene rings is 1. The first-order valence-corrected chi connectivity index (χ1v) is 5.55. The van der Waals surface area contributed by atoms with Crippen LogP contribution in [0.3, 0.4) is 0 Å². The van der Waals surface area contributed by atoms with Crippen molar-refractivity contribution in [1.29, 1.82) is 0 Å². The molecule has 0 N–H and O–H groups in total. The van der Waals surface area contributed by atoms with E-state index in [2.05, 4.69) is 32.9 Å². The molecule has 1 nitrogen and oxygen atoms in total. The van der Waals surface area contributed by atoms with Gasteiger partial charge in [-0.1, -0.05) is 40.7 Å². The normalized spacial score (nSPS) is 11.0. The van der Waals surface area contributed by atoms with Gasteiger partial charge in [0.2, 0.25) is 0 Å². The van der Waals surface area contributed by atoms with Crippen molar-refractivity contribution in [3.05, 3.63) is 36.1 Å². The zero-order chi connectivity index (χ0) is 11.5. The summed E-state index contributed by atoms with van der Waals surface area (Å²) in [5.41, 5.74) is 2.53. The zero-order valence-corrected chi connectivity index (χ0v) is 10.3. The van der Waals surface area contributed by atoms with Gasteiger partial charge in [0, 0.05) is 5.39 Å². The summed E-state index contributed by atoms with van der Waals surface area (Å²) in [4.78, 5) is 0.